The van der Waals surface area contributed by atoms with Gasteiger partial charge in [0, 0.05) is 29.1 Å². The van der Waals surface area contributed by atoms with Crippen LogP contribution in [0.2, 0.25) is 0 Å². The lowest BCUT2D eigenvalue weighted by Gasteiger charge is -2.28. The Morgan fingerprint density at radius 2 is 1.32 bits per heavy atom. The summed E-state index contributed by atoms with van der Waals surface area (Å²) >= 11 is 0. The van der Waals surface area contributed by atoms with Crippen molar-refractivity contribution in [3.63, 3.8) is 0 Å². The number of phenolic OH excluding ortho intramolecular Hbond substituents is 1. The van der Waals surface area contributed by atoms with E-state index in [1.165, 1.54) is 0 Å². The van der Waals surface area contributed by atoms with Gasteiger partial charge in [-0.05, 0) is 35.1 Å². The van der Waals surface area contributed by atoms with E-state index in [2.05, 4.69) is 0 Å². The van der Waals surface area contributed by atoms with E-state index in [-0.39, 0.29) is 16.7 Å². The highest BCUT2D eigenvalue weighted by Crippen LogP contribution is 2.39. The third-order valence-corrected chi connectivity index (χ3v) is 3.81. The molecule has 0 saturated heterocycles. The molecule has 118 valence electrons. The van der Waals surface area contributed by atoms with Crippen molar-refractivity contribution in [2.45, 2.75) is 52.4 Å². The zero-order valence-corrected chi connectivity index (χ0v) is 14.3. The maximum Gasteiger partial charge on any atom is 0.261 e. The van der Waals surface area contributed by atoms with Crippen LogP contribution < -0.4 is 0 Å². The van der Waals surface area contributed by atoms with Gasteiger partial charge in [-0.1, -0.05) is 41.5 Å². The van der Waals surface area contributed by atoms with Gasteiger partial charge in [0.1, 0.15) is 5.75 Å². The lowest BCUT2D eigenvalue weighted by molar-refractivity contribution is 0.0960. The van der Waals surface area contributed by atoms with Crippen molar-refractivity contribution in [2.24, 2.45) is 0 Å². The average molecular weight is 299 g/mol. The highest BCUT2D eigenvalue weighted by Gasteiger charge is 2.27. The Labute approximate surface area is 132 Å². The first-order chi connectivity index (χ1) is 10.0. The summed E-state index contributed by atoms with van der Waals surface area (Å²) in [4.78, 5) is 12.7. The van der Waals surface area contributed by atoms with Crippen LogP contribution >= 0.6 is 0 Å². The Balaban J connectivity index is 2.68. The van der Waals surface area contributed by atoms with Gasteiger partial charge >= 0.3 is 0 Å². The molecule has 0 aliphatic carbocycles. The van der Waals surface area contributed by atoms with E-state index in [0.717, 1.165) is 11.1 Å². The summed E-state index contributed by atoms with van der Waals surface area (Å²) < 4.78 is 1.56. The largest absolute Gasteiger partial charge is 0.507 e. The fourth-order valence-electron chi connectivity index (χ4n) is 2.52. The molecule has 0 atom stereocenters. The lowest BCUT2D eigenvalue weighted by Crippen LogP contribution is -2.20. The molecule has 0 saturated carbocycles. The summed E-state index contributed by atoms with van der Waals surface area (Å²) in [5.41, 5.74) is 1.73. The average Bonchev–Trinajstić information content (AvgIpc) is 2.89. The SMILES string of the molecule is CC(C)(C)c1cc(C(=O)n2cccc2)cc(C(C)(C)C)c1O. The molecule has 0 aliphatic heterocycles. The molecule has 3 nitrogen and oxygen atoms in total. The number of hydrogen-bond donors (Lipinski definition) is 1. The van der Waals surface area contributed by atoms with Crippen LogP contribution in [0.5, 0.6) is 5.75 Å². The highest BCUT2D eigenvalue weighted by atomic mass is 16.3. The molecule has 1 heterocycles. The van der Waals surface area contributed by atoms with E-state index in [1.54, 1.807) is 17.0 Å². The van der Waals surface area contributed by atoms with Gasteiger partial charge in [0.2, 0.25) is 0 Å². The number of aromatic nitrogens is 1. The Kier molecular flexibility index (Phi) is 3.94. The molecule has 1 N–H and O–H groups in total. The number of rotatable bonds is 1. The fourth-order valence-corrected chi connectivity index (χ4v) is 2.52. The van der Waals surface area contributed by atoms with Crippen LogP contribution in [-0.4, -0.2) is 15.6 Å². The summed E-state index contributed by atoms with van der Waals surface area (Å²) in [6, 6.07) is 7.28. The number of nitrogens with zero attached hydrogens (tertiary/aromatic N) is 1. The Morgan fingerprint density at radius 1 is 0.909 bits per heavy atom. The van der Waals surface area contributed by atoms with E-state index in [9.17, 15) is 9.90 Å². The number of aromatic hydroxyl groups is 1. The first-order valence-corrected chi connectivity index (χ1v) is 7.57. The molecule has 2 aromatic rings. The van der Waals surface area contributed by atoms with E-state index in [4.69, 9.17) is 0 Å². The molecular weight excluding hydrogens is 274 g/mol. The lowest BCUT2D eigenvalue weighted by atomic mass is 9.78. The Hall–Kier alpha value is -2.03. The molecule has 3 heteroatoms. The molecule has 0 unspecified atom stereocenters. The van der Waals surface area contributed by atoms with Crippen molar-refractivity contribution in [2.75, 3.05) is 0 Å². The third kappa shape index (κ3) is 3.08. The van der Waals surface area contributed by atoms with Gasteiger partial charge in [0.15, 0.2) is 0 Å². The fraction of sp³-hybridized carbons (Fsp3) is 0.421. The van der Waals surface area contributed by atoms with Gasteiger partial charge in [0.05, 0.1) is 0 Å². The monoisotopic (exact) mass is 299 g/mol. The predicted octanol–water partition coefficient (Wildman–Crippen LogP) is 4.48. The topological polar surface area (TPSA) is 42.2 Å². The Bertz CT molecular complexity index is 648. The van der Waals surface area contributed by atoms with Crippen LogP contribution in [0, 0.1) is 0 Å². The molecule has 1 aromatic carbocycles. The van der Waals surface area contributed by atoms with Crippen molar-refractivity contribution in [1.29, 1.82) is 0 Å². The maximum atomic E-state index is 12.7. The summed E-state index contributed by atoms with van der Waals surface area (Å²) in [5, 5.41) is 10.7. The molecule has 1 aromatic heterocycles. The Morgan fingerprint density at radius 3 is 1.68 bits per heavy atom. The van der Waals surface area contributed by atoms with Crippen LogP contribution in [-0.2, 0) is 10.8 Å². The number of hydrogen-bond acceptors (Lipinski definition) is 2. The number of benzene rings is 1. The van der Waals surface area contributed by atoms with Crippen molar-refractivity contribution in [1.82, 2.24) is 4.57 Å². The smallest absolute Gasteiger partial charge is 0.261 e. The van der Waals surface area contributed by atoms with Gasteiger partial charge in [-0.3, -0.25) is 9.36 Å². The summed E-state index contributed by atoms with van der Waals surface area (Å²) in [6.45, 7) is 12.2. The van der Waals surface area contributed by atoms with E-state index in [0.29, 0.717) is 11.3 Å². The van der Waals surface area contributed by atoms with E-state index < -0.39 is 0 Å². The summed E-state index contributed by atoms with van der Waals surface area (Å²) in [5.74, 6) is 0.213. The first-order valence-electron chi connectivity index (χ1n) is 7.57. The van der Waals surface area contributed by atoms with Crippen molar-refractivity contribution in [3.05, 3.63) is 53.3 Å². The minimum Gasteiger partial charge on any atom is -0.507 e. The van der Waals surface area contributed by atoms with Gasteiger partial charge < -0.3 is 5.11 Å². The molecule has 0 aliphatic rings. The quantitative estimate of drug-likeness (QED) is 0.843. The molecule has 0 spiro atoms. The highest BCUT2D eigenvalue weighted by molar-refractivity contribution is 5.96. The van der Waals surface area contributed by atoms with Crippen LogP contribution in [0.3, 0.4) is 0 Å². The predicted molar refractivity (Wildman–Crippen MR) is 89.7 cm³/mol. The van der Waals surface area contributed by atoms with Gasteiger partial charge in [-0.2, -0.15) is 0 Å². The molecule has 0 fully saturated rings. The second-order valence-electron chi connectivity index (χ2n) is 7.82. The van der Waals surface area contributed by atoms with Crippen molar-refractivity contribution < 1.29 is 9.90 Å². The second-order valence-corrected chi connectivity index (χ2v) is 7.82. The number of carbonyl (C=O) groups excluding carboxylic acids is 1. The molecule has 2 rings (SSSR count). The third-order valence-electron chi connectivity index (χ3n) is 3.81. The summed E-state index contributed by atoms with van der Waals surface area (Å²) in [7, 11) is 0. The standard InChI is InChI=1S/C19H25NO2/c1-18(2,3)14-11-13(17(22)20-9-7-8-10-20)12-15(16(14)21)19(4,5)6/h7-12,21H,1-6H3. The zero-order valence-electron chi connectivity index (χ0n) is 14.3. The first kappa shape index (κ1) is 16.3. The van der Waals surface area contributed by atoms with Crippen LogP contribution in [0.15, 0.2) is 36.7 Å². The van der Waals surface area contributed by atoms with Crippen molar-refractivity contribution in [3.8, 4) is 5.75 Å². The van der Waals surface area contributed by atoms with Crippen LogP contribution in [0.4, 0.5) is 0 Å². The normalized spacial score (nSPS) is 12.5. The number of phenols is 1. The second kappa shape index (κ2) is 5.31. The molecule has 0 bridgehead atoms. The molecule has 0 amide bonds. The minimum absolute atomic E-state index is 0.0824. The van der Waals surface area contributed by atoms with E-state index >= 15 is 0 Å². The summed E-state index contributed by atoms with van der Waals surface area (Å²) in [6.07, 6.45) is 3.48. The van der Waals surface area contributed by atoms with Gasteiger partial charge in [0.25, 0.3) is 5.91 Å². The van der Waals surface area contributed by atoms with Gasteiger partial charge in [-0.15, -0.1) is 0 Å². The number of carbonyl (C=O) groups is 1. The van der Waals surface area contributed by atoms with Crippen LogP contribution in [0.25, 0.3) is 0 Å². The van der Waals surface area contributed by atoms with E-state index in [1.807, 2.05) is 65.8 Å². The maximum absolute atomic E-state index is 12.7. The molecule has 22 heavy (non-hydrogen) atoms. The van der Waals surface area contributed by atoms with Gasteiger partial charge in [-0.25, -0.2) is 0 Å². The zero-order chi connectivity index (χ0) is 16.7. The molecule has 0 radical (unpaired) electrons. The molecular formula is C19H25NO2. The minimum atomic E-state index is -0.239. The van der Waals surface area contributed by atoms with Crippen LogP contribution in [0.1, 0.15) is 63.0 Å². The van der Waals surface area contributed by atoms with Crippen molar-refractivity contribution >= 4 is 5.91 Å².